The summed E-state index contributed by atoms with van der Waals surface area (Å²) in [4.78, 5) is 39.2. The van der Waals surface area contributed by atoms with Crippen LogP contribution in [0.2, 0.25) is 5.02 Å². The van der Waals surface area contributed by atoms with Crippen LogP contribution >= 0.6 is 58.0 Å². The number of methoxy groups -OCH3 is 1. The van der Waals surface area contributed by atoms with Crippen molar-refractivity contribution >= 4 is 79.7 Å². The number of hydrogen-bond donors (Lipinski definition) is 0. The highest BCUT2D eigenvalue weighted by atomic mass is 35.5. The lowest BCUT2D eigenvalue weighted by Gasteiger charge is -1.98. The van der Waals surface area contributed by atoms with E-state index < -0.39 is 21.7 Å². The fourth-order valence-corrected chi connectivity index (χ4v) is 1.71. The molecule has 0 radical (unpaired) electrons. The Bertz CT molecular complexity index is 861. The van der Waals surface area contributed by atoms with E-state index in [2.05, 4.69) is 48.7 Å². The summed E-state index contributed by atoms with van der Waals surface area (Å²) in [5, 5.41) is 0.583. The predicted octanol–water partition coefficient (Wildman–Crippen LogP) is 8.14. The third-order valence-corrected chi connectivity index (χ3v) is 3.22. The van der Waals surface area contributed by atoms with Gasteiger partial charge in [0.15, 0.2) is 0 Å². The van der Waals surface area contributed by atoms with Gasteiger partial charge in [0, 0.05) is 51.4 Å². The average molecular weight is 563 g/mol. The Kier molecular flexibility index (Phi) is 21.2. The third-order valence-electron chi connectivity index (χ3n) is 2.54. The van der Waals surface area contributed by atoms with Crippen LogP contribution in [0, 0.1) is 0 Å². The second-order valence-corrected chi connectivity index (χ2v) is 6.44. The first kappa shape index (κ1) is 32.7. The van der Waals surface area contributed by atoms with Crippen LogP contribution in [0.25, 0.3) is 0 Å². The summed E-state index contributed by atoms with van der Waals surface area (Å²) in [5.41, 5.74) is -2.32. The van der Waals surface area contributed by atoms with Gasteiger partial charge in [0.05, 0.1) is 13.4 Å². The third kappa shape index (κ3) is 25.6. The lowest BCUT2D eigenvalue weighted by Crippen LogP contribution is -1.94. The highest BCUT2D eigenvalue weighted by molar-refractivity contribution is 6.62. The molecule has 13 heteroatoms. The van der Waals surface area contributed by atoms with Crippen molar-refractivity contribution in [2.45, 2.75) is 6.61 Å². The smallest absolute Gasteiger partial charge is 0.409 e. The maximum atomic E-state index is 10.2. The molecule has 2 aromatic rings. The minimum Gasteiger partial charge on any atom is -0.457 e. The molecule has 0 saturated heterocycles. The van der Waals surface area contributed by atoms with Crippen LogP contribution in [0.4, 0.5) is 19.2 Å². The van der Waals surface area contributed by atoms with E-state index in [0.29, 0.717) is 10.8 Å². The summed E-state index contributed by atoms with van der Waals surface area (Å²) in [6.07, 6.45) is 0.968. The molecule has 0 spiro atoms. The second kappa shape index (κ2) is 21.4. The van der Waals surface area contributed by atoms with Crippen molar-refractivity contribution in [3.63, 3.8) is 0 Å². The molecule has 180 valence electrons. The summed E-state index contributed by atoms with van der Waals surface area (Å²) in [6.45, 7) is 3.31. The summed E-state index contributed by atoms with van der Waals surface area (Å²) < 4.78 is 16.9. The molecule has 0 fully saturated rings. The van der Waals surface area contributed by atoms with E-state index in [1.54, 1.807) is 24.3 Å². The Morgan fingerprint density at radius 2 is 1.33 bits per heavy atom. The highest BCUT2D eigenvalue weighted by Gasteiger charge is 1.98. The van der Waals surface area contributed by atoms with Gasteiger partial charge in [0.25, 0.3) is 0 Å². The van der Waals surface area contributed by atoms with Crippen molar-refractivity contribution in [3.05, 3.63) is 78.0 Å². The molecule has 0 aromatic heterocycles. The van der Waals surface area contributed by atoms with E-state index in [1.807, 2.05) is 30.3 Å². The number of carbonyl (C=O) groups excluding carboxylic acids is 4. The molecule has 33 heavy (non-hydrogen) atoms. The predicted molar refractivity (Wildman–Crippen MR) is 127 cm³/mol. The molecular weight excluding hydrogens is 545 g/mol. The van der Waals surface area contributed by atoms with Gasteiger partial charge in [0.1, 0.15) is 12.4 Å². The quantitative estimate of drug-likeness (QED) is 0.209. The zero-order valence-corrected chi connectivity index (χ0v) is 20.6. The fraction of sp³-hybridized carbons (Fsp3) is 0.100. The van der Waals surface area contributed by atoms with Gasteiger partial charge in [-0.3, -0.25) is 0 Å². The lowest BCUT2D eigenvalue weighted by atomic mass is 10.2. The van der Waals surface area contributed by atoms with E-state index >= 15 is 0 Å². The Morgan fingerprint density at radius 1 is 0.818 bits per heavy atom. The summed E-state index contributed by atoms with van der Waals surface area (Å²) in [5.74, 6) is 0.384. The van der Waals surface area contributed by atoms with Crippen LogP contribution in [-0.2, 0) is 20.8 Å². The average Bonchev–Trinajstić information content (AvgIpc) is 2.75. The molecule has 0 bridgehead atoms. The normalized spacial score (nSPS) is 8.42. The van der Waals surface area contributed by atoms with Gasteiger partial charge in [0.2, 0.25) is 0 Å². The maximum absolute atomic E-state index is 10.2. The second-order valence-electron chi connectivity index (χ2n) is 4.77. The number of halogens is 5. The minimum absolute atomic E-state index is 0.239. The molecule has 0 saturated carbocycles. The molecule has 0 atom stereocenters. The Labute approximate surface area is 214 Å². The first-order valence-electron chi connectivity index (χ1n) is 8.21. The largest absolute Gasteiger partial charge is 0.457 e. The summed E-state index contributed by atoms with van der Waals surface area (Å²) >= 11 is 24.7. The van der Waals surface area contributed by atoms with Gasteiger partial charge in [-0.2, -0.15) is 0 Å². The van der Waals surface area contributed by atoms with Gasteiger partial charge in [-0.15, -0.1) is 0 Å². The molecule has 0 amide bonds. The number of carbonyl (C=O) groups is 4. The molecule has 0 aliphatic heterocycles. The van der Waals surface area contributed by atoms with Gasteiger partial charge >= 0.3 is 21.7 Å². The van der Waals surface area contributed by atoms with Gasteiger partial charge < -0.3 is 18.9 Å². The van der Waals surface area contributed by atoms with Crippen LogP contribution in [0.15, 0.2) is 67.4 Å². The van der Waals surface area contributed by atoms with Crippen molar-refractivity contribution in [1.82, 2.24) is 0 Å². The molecule has 0 heterocycles. The molecule has 2 rings (SSSR count). The number of rotatable bonds is 4. The van der Waals surface area contributed by atoms with Gasteiger partial charge in [-0.05, 0) is 29.8 Å². The van der Waals surface area contributed by atoms with Crippen LogP contribution in [0.3, 0.4) is 0 Å². The standard InChI is InChI=1S/C8H7ClO2.C7H4Cl2O2.C3H3ClO2.C2H3ClO2/c9-8(10)11-6-7-4-2-1-3-5-7;8-5-1-3-6(4-2-5)11-7(9)10;1-2-6-3(4)5;1-5-2(3)4/h1-5H,6H2;1-4H;2H,1H2;1H3. The molecular formula is C20H17Cl5O8. The molecule has 8 nitrogen and oxygen atoms in total. The zero-order valence-electron chi connectivity index (χ0n) is 16.8. The van der Waals surface area contributed by atoms with Gasteiger partial charge in [-0.1, -0.05) is 48.5 Å². The van der Waals surface area contributed by atoms with Crippen molar-refractivity contribution in [3.8, 4) is 5.75 Å². The lowest BCUT2D eigenvalue weighted by molar-refractivity contribution is 0.167. The van der Waals surface area contributed by atoms with Gasteiger partial charge in [-0.25, -0.2) is 19.2 Å². The van der Waals surface area contributed by atoms with E-state index in [0.717, 1.165) is 11.8 Å². The van der Waals surface area contributed by atoms with E-state index in [-0.39, 0.29) is 6.61 Å². The molecule has 0 unspecified atom stereocenters. The first-order chi connectivity index (χ1) is 15.5. The number of ether oxygens (including phenoxy) is 4. The maximum Gasteiger partial charge on any atom is 0.409 e. The van der Waals surface area contributed by atoms with Crippen LogP contribution in [-0.4, -0.2) is 28.8 Å². The number of hydrogen-bond acceptors (Lipinski definition) is 8. The molecule has 0 N–H and O–H groups in total. The summed E-state index contributed by atoms with van der Waals surface area (Å²) in [7, 11) is 1.22. The van der Waals surface area contributed by atoms with Crippen LogP contribution < -0.4 is 4.74 Å². The minimum atomic E-state index is -0.856. The highest BCUT2D eigenvalue weighted by Crippen LogP contribution is 2.16. The van der Waals surface area contributed by atoms with Crippen molar-refractivity contribution in [2.75, 3.05) is 7.11 Å². The Morgan fingerprint density at radius 3 is 1.67 bits per heavy atom. The molecule has 2 aromatic carbocycles. The van der Waals surface area contributed by atoms with E-state index in [4.69, 9.17) is 34.8 Å². The van der Waals surface area contributed by atoms with Crippen LogP contribution in [0.5, 0.6) is 5.75 Å². The Balaban J connectivity index is 0. The topological polar surface area (TPSA) is 105 Å². The van der Waals surface area contributed by atoms with Crippen molar-refractivity contribution < 1.29 is 38.1 Å². The Hall–Kier alpha value is -2.49. The SMILES string of the molecule is C=COC(=O)Cl.COC(=O)Cl.O=C(Cl)OCc1ccccc1.O=C(Cl)Oc1ccc(Cl)cc1. The van der Waals surface area contributed by atoms with Crippen LogP contribution in [0.1, 0.15) is 5.56 Å². The van der Waals surface area contributed by atoms with Crippen molar-refractivity contribution in [2.24, 2.45) is 0 Å². The monoisotopic (exact) mass is 560 g/mol. The molecule has 0 aliphatic rings. The van der Waals surface area contributed by atoms with E-state index in [9.17, 15) is 19.2 Å². The first-order valence-corrected chi connectivity index (χ1v) is 10.1. The summed E-state index contributed by atoms with van der Waals surface area (Å²) in [6, 6.07) is 15.7. The fourth-order valence-electron chi connectivity index (χ4n) is 1.38. The van der Waals surface area contributed by atoms with Crippen molar-refractivity contribution in [1.29, 1.82) is 0 Å². The molecule has 0 aliphatic carbocycles. The number of benzene rings is 2. The van der Waals surface area contributed by atoms with E-state index in [1.165, 1.54) is 7.11 Å². The zero-order chi connectivity index (χ0) is 25.6.